The molecule has 162 valence electrons. The molecule has 0 radical (unpaired) electrons. The number of aromatic nitrogens is 1. The highest BCUT2D eigenvalue weighted by atomic mass is 16.2. The van der Waals surface area contributed by atoms with Crippen LogP contribution in [0.1, 0.15) is 38.9 Å². The molecule has 0 aliphatic carbocycles. The summed E-state index contributed by atoms with van der Waals surface area (Å²) in [6.45, 7) is 4.46. The number of hydrogen-bond donors (Lipinski definition) is 0. The van der Waals surface area contributed by atoms with Crippen LogP contribution in [0.4, 0.5) is 0 Å². The lowest BCUT2D eigenvalue weighted by molar-refractivity contribution is -0.129. The van der Waals surface area contributed by atoms with Crippen LogP contribution in [0.15, 0.2) is 66.7 Å². The maximum atomic E-state index is 13.1. The minimum Gasteiger partial charge on any atom is -0.348 e. The summed E-state index contributed by atoms with van der Waals surface area (Å²) in [7, 11) is 5.24. The number of Topliss-reactive ketones (excluding diaryl/α,β-unsaturated/α-hetero) is 1. The molecule has 1 amide bonds. The maximum absolute atomic E-state index is 13.1. The van der Waals surface area contributed by atoms with E-state index in [1.807, 2.05) is 56.3 Å². The van der Waals surface area contributed by atoms with Crippen LogP contribution in [0, 0.1) is 13.8 Å². The van der Waals surface area contributed by atoms with E-state index < -0.39 is 0 Å². The van der Waals surface area contributed by atoms with Crippen molar-refractivity contribution in [3.05, 3.63) is 94.8 Å². The molecule has 1 aromatic heterocycles. The van der Waals surface area contributed by atoms with Gasteiger partial charge < -0.3 is 9.47 Å². The fraction of sp³-hybridized carbons (Fsp3) is 0.308. The van der Waals surface area contributed by atoms with Crippen LogP contribution in [0.3, 0.4) is 0 Å². The molecule has 0 atom stereocenters. The van der Waals surface area contributed by atoms with E-state index >= 15 is 0 Å². The van der Waals surface area contributed by atoms with E-state index in [2.05, 4.69) is 28.8 Å². The van der Waals surface area contributed by atoms with Crippen molar-refractivity contribution in [2.75, 3.05) is 34.2 Å². The molecule has 5 nitrogen and oxygen atoms in total. The molecule has 0 unspecified atom stereocenters. The minimum absolute atomic E-state index is 0.0167. The summed E-state index contributed by atoms with van der Waals surface area (Å²) in [4.78, 5) is 28.4. The molecular weight excluding hydrogens is 386 g/mol. The molecule has 3 rings (SSSR count). The molecule has 0 N–H and O–H groups in total. The van der Waals surface area contributed by atoms with Crippen molar-refractivity contribution in [3.63, 3.8) is 0 Å². The van der Waals surface area contributed by atoms with Crippen molar-refractivity contribution in [3.8, 4) is 0 Å². The van der Waals surface area contributed by atoms with Gasteiger partial charge in [0.05, 0.1) is 19.1 Å². The SMILES string of the molecule is Cc1cc(C(=O)CN(C)CC(=O)N(C)C)c(C)n1C(c1ccccc1)c1ccccc1. The number of carbonyl (C=O) groups excluding carboxylic acids is 2. The summed E-state index contributed by atoms with van der Waals surface area (Å²) in [5.74, 6) is 0.00210. The summed E-state index contributed by atoms with van der Waals surface area (Å²) in [6.07, 6.45) is 0. The monoisotopic (exact) mass is 417 g/mol. The van der Waals surface area contributed by atoms with Crippen LogP contribution in [-0.4, -0.2) is 60.3 Å². The van der Waals surface area contributed by atoms with Gasteiger partial charge in [-0.25, -0.2) is 0 Å². The Bertz CT molecular complexity index is 1000. The van der Waals surface area contributed by atoms with Gasteiger partial charge in [-0.15, -0.1) is 0 Å². The molecule has 0 saturated heterocycles. The van der Waals surface area contributed by atoms with Gasteiger partial charge in [-0.1, -0.05) is 60.7 Å². The van der Waals surface area contributed by atoms with Crippen LogP contribution in [0.5, 0.6) is 0 Å². The quantitative estimate of drug-likeness (QED) is 0.522. The average molecular weight is 418 g/mol. The number of aryl methyl sites for hydroxylation is 1. The van der Waals surface area contributed by atoms with Gasteiger partial charge in [-0.2, -0.15) is 0 Å². The first kappa shape index (κ1) is 22.5. The predicted octanol–water partition coefficient (Wildman–Crippen LogP) is 3.95. The van der Waals surface area contributed by atoms with E-state index in [0.29, 0.717) is 5.56 Å². The summed E-state index contributed by atoms with van der Waals surface area (Å²) in [6, 6.07) is 22.7. The average Bonchev–Trinajstić information content (AvgIpc) is 3.04. The van der Waals surface area contributed by atoms with Crippen molar-refractivity contribution < 1.29 is 9.59 Å². The third kappa shape index (κ3) is 5.12. The van der Waals surface area contributed by atoms with E-state index in [4.69, 9.17) is 0 Å². The molecule has 5 heteroatoms. The van der Waals surface area contributed by atoms with Crippen LogP contribution in [-0.2, 0) is 4.79 Å². The van der Waals surface area contributed by atoms with Crippen LogP contribution >= 0.6 is 0 Å². The standard InChI is InChI=1S/C26H31N3O2/c1-19-16-23(24(30)17-28(5)18-25(31)27(3)4)20(2)29(19)26(21-12-8-6-9-13-21)22-14-10-7-11-15-22/h6-16,26H,17-18H2,1-5H3. The second kappa shape index (κ2) is 9.75. The van der Waals surface area contributed by atoms with E-state index in [1.54, 1.807) is 26.0 Å². The molecule has 0 saturated carbocycles. The van der Waals surface area contributed by atoms with E-state index in [-0.39, 0.29) is 30.8 Å². The fourth-order valence-corrected chi connectivity index (χ4v) is 3.98. The van der Waals surface area contributed by atoms with Gasteiger partial charge >= 0.3 is 0 Å². The highest BCUT2D eigenvalue weighted by molar-refractivity contribution is 5.99. The highest BCUT2D eigenvalue weighted by Crippen LogP contribution is 2.31. The van der Waals surface area contributed by atoms with E-state index in [9.17, 15) is 9.59 Å². The van der Waals surface area contributed by atoms with Crippen molar-refractivity contribution >= 4 is 11.7 Å². The Morgan fingerprint density at radius 2 is 1.35 bits per heavy atom. The van der Waals surface area contributed by atoms with Gasteiger partial charge in [0, 0.05) is 31.0 Å². The molecular formula is C26H31N3O2. The fourth-order valence-electron chi connectivity index (χ4n) is 3.98. The molecule has 0 aliphatic rings. The first-order chi connectivity index (χ1) is 14.8. The Hall–Kier alpha value is -3.18. The van der Waals surface area contributed by atoms with Gasteiger partial charge in [-0.3, -0.25) is 14.5 Å². The molecule has 3 aromatic rings. The molecule has 0 aliphatic heterocycles. The van der Waals surface area contributed by atoms with Crippen LogP contribution < -0.4 is 0 Å². The Balaban J connectivity index is 1.95. The van der Waals surface area contributed by atoms with Crippen molar-refractivity contribution in [1.29, 1.82) is 0 Å². The minimum atomic E-state index is -0.0195. The molecule has 31 heavy (non-hydrogen) atoms. The predicted molar refractivity (Wildman–Crippen MR) is 125 cm³/mol. The molecule has 1 heterocycles. The topological polar surface area (TPSA) is 45.6 Å². The number of ketones is 1. The van der Waals surface area contributed by atoms with Gasteiger partial charge in [0.2, 0.25) is 5.91 Å². The zero-order valence-corrected chi connectivity index (χ0v) is 19.0. The Kier molecular flexibility index (Phi) is 7.08. The zero-order chi connectivity index (χ0) is 22.5. The second-order valence-corrected chi connectivity index (χ2v) is 8.26. The normalized spacial score (nSPS) is 11.2. The Labute approximate surface area is 184 Å². The number of likely N-dealkylation sites (N-methyl/N-ethyl adjacent to an activating group) is 2. The number of carbonyl (C=O) groups is 2. The van der Waals surface area contributed by atoms with Crippen molar-refractivity contribution in [2.24, 2.45) is 0 Å². The molecule has 0 bridgehead atoms. The molecule has 0 spiro atoms. The molecule has 0 fully saturated rings. The largest absolute Gasteiger partial charge is 0.348 e. The van der Waals surface area contributed by atoms with Crippen molar-refractivity contribution in [2.45, 2.75) is 19.9 Å². The summed E-state index contributed by atoms with van der Waals surface area (Å²) in [5, 5.41) is 0. The highest BCUT2D eigenvalue weighted by Gasteiger charge is 2.24. The number of benzene rings is 2. The van der Waals surface area contributed by atoms with Gasteiger partial charge in [-0.05, 0) is 38.1 Å². The van der Waals surface area contributed by atoms with Gasteiger partial charge in [0.1, 0.15) is 0 Å². The van der Waals surface area contributed by atoms with Crippen molar-refractivity contribution in [1.82, 2.24) is 14.4 Å². The third-order valence-corrected chi connectivity index (χ3v) is 5.59. The zero-order valence-electron chi connectivity index (χ0n) is 19.0. The van der Waals surface area contributed by atoms with E-state index in [0.717, 1.165) is 11.4 Å². The van der Waals surface area contributed by atoms with E-state index in [1.165, 1.54) is 16.0 Å². The summed E-state index contributed by atoms with van der Waals surface area (Å²) < 4.78 is 2.24. The maximum Gasteiger partial charge on any atom is 0.236 e. The first-order valence-corrected chi connectivity index (χ1v) is 10.5. The van der Waals surface area contributed by atoms with Gasteiger partial charge in [0.25, 0.3) is 0 Å². The third-order valence-electron chi connectivity index (χ3n) is 5.59. The second-order valence-electron chi connectivity index (χ2n) is 8.26. The first-order valence-electron chi connectivity index (χ1n) is 10.5. The van der Waals surface area contributed by atoms with Crippen LogP contribution in [0.25, 0.3) is 0 Å². The number of amides is 1. The Morgan fingerprint density at radius 3 is 1.84 bits per heavy atom. The summed E-state index contributed by atoms with van der Waals surface area (Å²) in [5.41, 5.74) is 5.02. The van der Waals surface area contributed by atoms with Crippen LogP contribution in [0.2, 0.25) is 0 Å². The lowest BCUT2D eigenvalue weighted by Gasteiger charge is -2.24. The van der Waals surface area contributed by atoms with Gasteiger partial charge in [0.15, 0.2) is 5.78 Å². The lowest BCUT2D eigenvalue weighted by atomic mass is 9.98. The molecule has 2 aromatic carbocycles. The smallest absolute Gasteiger partial charge is 0.236 e. The summed E-state index contributed by atoms with van der Waals surface area (Å²) >= 11 is 0. The number of hydrogen-bond acceptors (Lipinski definition) is 3. The lowest BCUT2D eigenvalue weighted by Crippen LogP contribution is -2.37. The number of nitrogens with zero attached hydrogens (tertiary/aromatic N) is 3. The Morgan fingerprint density at radius 1 is 0.839 bits per heavy atom. The number of rotatable bonds is 8.